The first kappa shape index (κ1) is 21.0. The Hall–Kier alpha value is -1.89. The molecule has 164 valence electrons. The molecule has 7 heteroatoms. The topological polar surface area (TPSA) is 47.4 Å². The van der Waals surface area contributed by atoms with Gasteiger partial charge in [0, 0.05) is 16.4 Å². The Morgan fingerprint density at radius 2 is 1.84 bits per heavy atom. The van der Waals surface area contributed by atoms with Gasteiger partial charge in [-0.05, 0) is 87.9 Å². The summed E-state index contributed by atoms with van der Waals surface area (Å²) in [5.74, 6) is 1.71. The monoisotopic (exact) mass is 457 g/mol. The summed E-state index contributed by atoms with van der Waals surface area (Å²) >= 11 is 7.69. The maximum atomic E-state index is 13.6. The smallest absolute Gasteiger partial charge is 0.262 e. The first-order valence-corrected chi connectivity index (χ1v) is 12.5. The molecule has 31 heavy (non-hydrogen) atoms. The van der Waals surface area contributed by atoms with E-state index in [4.69, 9.17) is 21.3 Å². The van der Waals surface area contributed by atoms with Crippen molar-refractivity contribution in [3.05, 3.63) is 55.9 Å². The summed E-state index contributed by atoms with van der Waals surface area (Å²) in [5.41, 5.74) is 1.41. The molecule has 0 amide bonds. The molecule has 0 radical (unpaired) electrons. The molecule has 3 heterocycles. The van der Waals surface area contributed by atoms with Gasteiger partial charge in [-0.15, -0.1) is 11.3 Å². The van der Waals surface area contributed by atoms with Crippen LogP contribution < -0.4 is 10.3 Å². The highest BCUT2D eigenvalue weighted by molar-refractivity contribution is 7.18. The molecule has 1 saturated heterocycles. The van der Waals surface area contributed by atoms with Gasteiger partial charge in [0.2, 0.25) is 0 Å². The summed E-state index contributed by atoms with van der Waals surface area (Å²) in [6.07, 6.45) is 7.71. The van der Waals surface area contributed by atoms with Gasteiger partial charge in [-0.25, -0.2) is 4.98 Å². The zero-order chi connectivity index (χ0) is 21.2. The second-order valence-corrected chi connectivity index (χ2v) is 10.0. The van der Waals surface area contributed by atoms with Crippen molar-refractivity contribution in [3.8, 4) is 5.75 Å². The molecule has 5 rings (SSSR count). The Balaban J connectivity index is 1.40. The maximum absolute atomic E-state index is 13.6. The van der Waals surface area contributed by atoms with Gasteiger partial charge in [0.15, 0.2) is 0 Å². The van der Waals surface area contributed by atoms with E-state index in [1.807, 2.05) is 28.8 Å². The Bertz CT molecular complexity index is 1120. The number of aromatic nitrogens is 2. The quantitative estimate of drug-likeness (QED) is 0.465. The lowest BCUT2D eigenvalue weighted by atomic mass is 9.97. The zero-order valence-electron chi connectivity index (χ0n) is 17.7. The lowest BCUT2D eigenvalue weighted by Gasteiger charge is -2.18. The van der Waals surface area contributed by atoms with Crippen LogP contribution in [0.3, 0.4) is 0 Å². The summed E-state index contributed by atoms with van der Waals surface area (Å²) in [7, 11) is 0. The van der Waals surface area contributed by atoms with Gasteiger partial charge in [0.1, 0.15) is 16.4 Å². The highest BCUT2D eigenvalue weighted by atomic mass is 35.5. The van der Waals surface area contributed by atoms with E-state index in [0.717, 1.165) is 60.7 Å². The second-order valence-electron chi connectivity index (χ2n) is 8.52. The first-order chi connectivity index (χ1) is 15.2. The van der Waals surface area contributed by atoms with Gasteiger partial charge in [-0.3, -0.25) is 14.3 Å². The van der Waals surface area contributed by atoms with E-state index >= 15 is 0 Å². The van der Waals surface area contributed by atoms with Gasteiger partial charge in [0.25, 0.3) is 5.56 Å². The number of likely N-dealkylation sites (tertiary alicyclic amines) is 1. The predicted octanol–water partition coefficient (Wildman–Crippen LogP) is 5.06. The number of fused-ring (bicyclic) bond motifs is 3. The molecule has 0 atom stereocenters. The predicted molar refractivity (Wildman–Crippen MR) is 127 cm³/mol. The van der Waals surface area contributed by atoms with Gasteiger partial charge < -0.3 is 4.74 Å². The normalized spacial score (nSPS) is 16.7. The van der Waals surface area contributed by atoms with Crippen LogP contribution in [0.1, 0.15) is 48.4 Å². The molecule has 0 spiro atoms. The molecule has 2 aliphatic rings. The van der Waals surface area contributed by atoms with Crippen LogP contribution in [0.5, 0.6) is 5.75 Å². The van der Waals surface area contributed by atoms with Crippen LogP contribution in [0.15, 0.2) is 29.1 Å². The van der Waals surface area contributed by atoms with E-state index in [9.17, 15) is 4.79 Å². The molecule has 1 fully saturated rings. The number of rotatable bonds is 7. The minimum Gasteiger partial charge on any atom is -0.494 e. The molecule has 0 saturated carbocycles. The summed E-state index contributed by atoms with van der Waals surface area (Å²) in [6.45, 7) is 4.12. The van der Waals surface area contributed by atoms with Gasteiger partial charge in [-0.1, -0.05) is 11.6 Å². The fraction of sp³-hybridized carbons (Fsp3) is 0.500. The molecular weight excluding hydrogens is 430 g/mol. The third-order valence-electron chi connectivity index (χ3n) is 6.33. The van der Waals surface area contributed by atoms with Crippen LogP contribution in [0.2, 0.25) is 5.02 Å². The SMILES string of the molecule is O=c1c2c3c(sc2nc(CN2CCCC2)n1CCCOc1ccc(Cl)cc1)CCCC3. The summed E-state index contributed by atoms with van der Waals surface area (Å²) in [6, 6.07) is 7.40. The minimum atomic E-state index is 0.144. The minimum absolute atomic E-state index is 0.144. The third-order valence-corrected chi connectivity index (χ3v) is 7.76. The molecule has 0 unspecified atom stereocenters. The van der Waals surface area contributed by atoms with Crippen molar-refractivity contribution in [1.29, 1.82) is 0 Å². The number of hydrogen-bond donors (Lipinski definition) is 0. The van der Waals surface area contributed by atoms with Gasteiger partial charge >= 0.3 is 0 Å². The van der Waals surface area contributed by atoms with Crippen molar-refractivity contribution in [2.24, 2.45) is 0 Å². The molecule has 5 nitrogen and oxygen atoms in total. The number of aryl methyl sites for hydroxylation is 2. The van der Waals surface area contributed by atoms with Crippen LogP contribution in [0, 0.1) is 0 Å². The fourth-order valence-corrected chi connectivity index (χ4v) is 6.11. The lowest BCUT2D eigenvalue weighted by molar-refractivity contribution is 0.290. The average Bonchev–Trinajstić information content (AvgIpc) is 3.41. The van der Waals surface area contributed by atoms with E-state index in [0.29, 0.717) is 18.2 Å². The Labute approximate surface area is 191 Å². The fourth-order valence-electron chi connectivity index (χ4n) is 4.72. The van der Waals surface area contributed by atoms with Crippen LogP contribution in [-0.4, -0.2) is 34.1 Å². The van der Waals surface area contributed by atoms with E-state index in [2.05, 4.69) is 4.90 Å². The van der Waals surface area contributed by atoms with E-state index in [-0.39, 0.29) is 5.56 Å². The molecular formula is C24H28ClN3O2S. The van der Waals surface area contributed by atoms with Crippen molar-refractivity contribution < 1.29 is 4.74 Å². The third kappa shape index (κ3) is 4.52. The number of hydrogen-bond acceptors (Lipinski definition) is 5. The van der Waals surface area contributed by atoms with Crippen molar-refractivity contribution in [3.63, 3.8) is 0 Å². The standard InChI is InChI=1S/C24H28ClN3O2S/c25-17-8-10-18(11-9-17)30-15-5-14-28-21(16-27-12-3-4-13-27)26-23-22(24(28)29)19-6-1-2-7-20(19)31-23/h8-11H,1-7,12-16H2. The van der Waals surface area contributed by atoms with Crippen molar-refractivity contribution in [2.45, 2.75) is 58.0 Å². The summed E-state index contributed by atoms with van der Waals surface area (Å²) < 4.78 is 7.78. The maximum Gasteiger partial charge on any atom is 0.262 e. The van der Waals surface area contributed by atoms with Gasteiger partial charge in [-0.2, -0.15) is 0 Å². The Morgan fingerprint density at radius 1 is 1.06 bits per heavy atom. The van der Waals surface area contributed by atoms with E-state index in [1.165, 1.54) is 36.1 Å². The molecule has 0 N–H and O–H groups in total. The van der Waals surface area contributed by atoms with Crippen LogP contribution in [0.25, 0.3) is 10.2 Å². The molecule has 1 aromatic carbocycles. The van der Waals surface area contributed by atoms with Crippen molar-refractivity contribution in [1.82, 2.24) is 14.5 Å². The number of nitrogens with zero attached hydrogens (tertiary/aromatic N) is 3. The van der Waals surface area contributed by atoms with Crippen molar-refractivity contribution >= 4 is 33.2 Å². The number of thiophene rings is 1. The summed E-state index contributed by atoms with van der Waals surface area (Å²) in [5, 5.41) is 1.58. The van der Waals surface area contributed by atoms with Crippen molar-refractivity contribution in [2.75, 3.05) is 19.7 Å². The van der Waals surface area contributed by atoms with Gasteiger partial charge in [0.05, 0.1) is 18.5 Å². The van der Waals surface area contributed by atoms with Crippen LogP contribution in [-0.2, 0) is 25.9 Å². The van der Waals surface area contributed by atoms with Crippen LogP contribution >= 0.6 is 22.9 Å². The highest BCUT2D eigenvalue weighted by Gasteiger charge is 2.23. The van der Waals surface area contributed by atoms with E-state index < -0.39 is 0 Å². The number of benzene rings is 1. The summed E-state index contributed by atoms with van der Waals surface area (Å²) in [4.78, 5) is 23.4. The molecule has 2 aromatic heterocycles. The number of halogens is 1. The second kappa shape index (κ2) is 9.31. The molecule has 1 aliphatic carbocycles. The molecule has 1 aliphatic heterocycles. The molecule has 0 bridgehead atoms. The molecule has 3 aromatic rings. The largest absolute Gasteiger partial charge is 0.494 e. The average molecular weight is 458 g/mol. The van der Waals surface area contributed by atoms with E-state index in [1.54, 1.807) is 11.3 Å². The Kier molecular flexibility index (Phi) is 6.30. The Morgan fingerprint density at radius 3 is 2.65 bits per heavy atom. The highest BCUT2D eigenvalue weighted by Crippen LogP contribution is 2.34. The van der Waals surface area contributed by atoms with Crippen LogP contribution in [0.4, 0.5) is 0 Å². The zero-order valence-corrected chi connectivity index (χ0v) is 19.3. The first-order valence-electron chi connectivity index (χ1n) is 11.3. The number of ether oxygens (including phenoxy) is 1. The lowest BCUT2D eigenvalue weighted by Crippen LogP contribution is -2.30.